The molecule has 0 spiro atoms. The number of anilines is 1. The summed E-state index contributed by atoms with van der Waals surface area (Å²) in [6.45, 7) is 2.47. The third kappa shape index (κ3) is 2.90. The quantitative estimate of drug-likeness (QED) is 0.578. The summed E-state index contributed by atoms with van der Waals surface area (Å²) in [4.78, 5) is 38.3. The number of nitrogens with one attached hydrogen (secondary N) is 2. The Hall–Kier alpha value is -2.29. The van der Waals surface area contributed by atoms with Crippen LogP contribution in [-0.2, 0) is 16.0 Å². The van der Waals surface area contributed by atoms with Gasteiger partial charge in [0.1, 0.15) is 5.01 Å². The monoisotopic (exact) mass is 375 g/mol. The average molecular weight is 375 g/mol. The maximum absolute atomic E-state index is 12.5. The second-order valence-corrected chi connectivity index (χ2v) is 8.02. The van der Waals surface area contributed by atoms with Crippen molar-refractivity contribution in [2.45, 2.75) is 26.2 Å². The Morgan fingerprint density at radius 2 is 1.92 bits per heavy atom. The zero-order valence-corrected chi connectivity index (χ0v) is 15.3. The van der Waals surface area contributed by atoms with Gasteiger partial charge in [-0.1, -0.05) is 30.4 Å². The van der Waals surface area contributed by atoms with Gasteiger partial charge in [-0.05, 0) is 24.7 Å². The Morgan fingerprint density at radius 1 is 1.23 bits per heavy atom. The fourth-order valence-corrected chi connectivity index (χ4v) is 5.06. The lowest BCUT2D eigenvalue weighted by molar-refractivity contribution is -0.140. The number of hydrogen-bond acceptors (Lipinski definition) is 6. The summed E-state index contributed by atoms with van der Waals surface area (Å²) < 4.78 is 0. The number of aryl methyl sites for hydroxylation is 1. The zero-order chi connectivity index (χ0) is 18.3. The van der Waals surface area contributed by atoms with Gasteiger partial charge in [-0.3, -0.25) is 19.8 Å². The first kappa shape index (κ1) is 17.1. The van der Waals surface area contributed by atoms with Gasteiger partial charge in [0.25, 0.3) is 0 Å². The maximum atomic E-state index is 12.5. The molecule has 9 heteroatoms. The van der Waals surface area contributed by atoms with Gasteiger partial charge >= 0.3 is 6.03 Å². The molecule has 1 aromatic heterocycles. The van der Waals surface area contributed by atoms with E-state index < -0.39 is 6.03 Å². The molecule has 1 saturated heterocycles. The molecule has 4 rings (SSSR count). The molecule has 4 amide bonds. The van der Waals surface area contributed by atoms with E-state index in [0.717, 1.165) is 24.3 Å². The van der Waals surface area contributed by atoms with E-state index in [4.69, 9.17) is 0 Å². The Balaban J connectivity index is 1.26. The highest BCUT2D eigenvalue weighted by Crippen LogP contribution is 2.52. The van der Waals surface area contributed by atoms with Gasteiger partial charge < -0.3 is 5.32 Å². The van der Waals surface area contributed by atoms with E-state index >= 15 is 0 Å². The summed E-state index contributed by atoms with van der Waals surface area (Å²) in [5.74, 6) is -0.149. The predicted octanol–water partition coefficient (Wildman–Crippen LogP) is 1.42. The Bertz CT molecular complexity index is 746. The van der Waals surface area contributed by atoms with E-state index in [9.17, 15) is 14.4 Å². The number of urea groups is 1. The first-order chi connectivity index (χ1) is 12.6. The second kappa shape index (κ2) is 6.79. The van der Waals surface area contributed by atoms with E-state index in [-0.39, 0.29) is 48.6 Å². The van der Waals surface area contributed by atoms with Crippen LogP contribution in [0.1, 0.15) is 24.8 Å². The standard InChI is InChI=1S/C17H21N5O3S/c1-2-3-11-20-21-17(26-11)19-16(25)18-6-7-22-14(23)12-9-4-5-10(8-9)13(12)15(22)24/h4-5,9-10,12-13H,2-3,6-8H2,1H3,(H2,18,19,21,25)/t9-,10-,12-,13-/m0/s1. The highest BCUT2D eigenvalue weighted by atomic mass is 32.1. The van der Waals surface area contributed by atoms with Crippen LogP contribution in [-0.4, -0.2) is 46.0 Å². The molecule has 138 valence electrons. The van der Waals surface area contributed by atoms with Crippen molar-refractivity contribution in [1.29, 1.82) is 0 Å². The molecular weight excluding hydrogens is 354 g/mol. The highest BCUT2D eigenvalue weighted by molar-refractivity contribution is 7.15. The van der Waals surface area contributed by atoms with Gasteiger partial charge in [0.15, 0.2) is 0 Å². The molecule has 0 radical (unpaired) electrons. The normalized spacial score (nSPS) is 28.7. The Morgan fingerprint density at radius 3 is 2.58 bits per heavy atom. The van der Waals surface area contributed by atoms with Crippen LogP contribution in [0.2, 0.25) is 0 Å². The third-order valence-corrected chi connectivity index (χ3v) is 6.23. The van der Waals surface area contributed by atoms with Gasteiger partial charge in [-0.2, -0.15) is 0 Å². The molecule has 26 heavy (non-hydrogen) atoms. The highest BCUT2D eigenvalue weighted by Gasteiger charge is 2.58. The van der Waals surface area contributed by atoms with Gasteiger partial charge in [-0.25, -0.2) is 4.79 Å². The third-order valence-electron chi connectivity index (χ3n) is 5.33. The van der Waals surface area contributed by atoms with Gasteiger partial charge in [0, 0.05) is 19.5 Å². The molecule has 0 unspecified atom stereocenters. The van der Waals surface area contributed by atoms with E-state index in [1.165, 1.54) is 16.2 Å². The lowest BCUT2D eigenvalue weighted by Gasteiger charge is -2.17. The van der Waals surface area contributed by atoms with Crippen LogP contribution in [0.15, 0.2) is 12.2 Å². The first-order valence-electron chi connectivity index (χ1n) is 8.99. The molecule has 2 N–H and O–H groups in total. The Kier molecular flexibility index (Phi) is 4.47. The SMILES string of the molecule is CCCc1nnc(NC(=O)NCCN2C(=O)[C@@H]3[C@@H](C2=O)[C@H]2C=C[C@H]3C2)s1. The first-order valence-corrected chi connectivity index (χ1v) is 9.81. The largest absolute Gasteiger partial charge is 0.336 e. The Labute approximate surface area is 155 Å². The van der Waals surface area contributed by atoms with E-state index in [0.29, 0.717) is 5.13 Å². The molecule has 2 aliphatic carbocycles. The number of imide groups is 1. The molecule has 0 aromatic carbocycles. The number of fused-ring (bicyclic) bond motifs is 5. The van der Waals surface area contributed by atoms with Crippen molar-refractivity contribution >= 4 is 34.3 Å². The molecule has 2 heterocycles. The molecule has 1 aromatic rings. The molecule has 2 bridgehead atoms. The number of allylic oxidation sites excluding steroid dienone is 2. The van der Waals surface area contributed by atoms with Crippen molar-refractivity contribution in [3.63, 3.8) is 0 Å². The summed E-state index contributed by atoms with van der Waals surface area (Å²) in [5, 5.41) is 14.5. The fraction of sp³-hybridized carbons (Fsp3) is 0.588. The molecule has 3 aliphatic rings. The van der Waals surface area contributed by atoms with Crippen LogP contribution in [0.5, 0.6) is 0 Å². The molecule has 1 saturated carbocycles. The summed E-state index contributed by atoms with van der Waals surface area (Å²) in [6.07, 6.45) is 6.86. The van der Waals surface area contributed by atoms with E-state index in [1.54, 1.807) is 0 Å². The van der Waals surface area contributed by atoms with Gasteiger partial charge in [0.05, 0.1) is 11.8 Å². The smallest absolute Gasteiger partial charge is 0.321 e. The molecular formula is C17H21N5O3S. The van der Waals surface area contributed by atoms with Crippen LogP contribution in [0.3, 0.4) is 0 Å². The average Bonchev–Trinajstić information content (AvgIpc) is 3.36. The summed E-state index contributed by atoms with van der Waals surface area (Å²) in [7, 11) is 0. The summed E-state index contributed by atoms with van der Waals surface area (Å²) in [6, 6.07) is -0.412. The van der Waals surface area contributed by atoms with Crippen LogP contribution in [0.25, 0.3) is 0 Å². The van der Waals surface area contributed by atoms with Crippen LogP contribution in [0, 0.1) is 23.7 Å². The maximum Gasteiger partial charge on any atom is 0.321 e. The lowest BCUT2D eigenvalue weighted by atomic mass is 9.85. The number of hydrogen-bond donors (Lipinski definition) is 2. The van der Waals surface area contributed by atoms with E-state index in [2.05, 4.69) is 39.9 Å². The molecule has 1 aliphatic heterocycles. The summed E-state index contributed by atoms with van der Waals surface area (Å²) >= 11 is 1.34. The van der Waals surface area contributed by atoms with Crippen LogP contribution >= 0.6 is 11.3 Å². The number of rotatable bonds is 6. The number of carbonyl (C=O) groups is 3. The minimum Gasteiger partial charge on any atom is -0.336 e. The minimum absolute atomic E-state index is 0.0904. The molecule has 8 nitrogen and oxygen atoms in total. The topological polar surface area (TPSA) is 104 Å². The van der Waals surface area contributed by atoms with Crippen molar-refractivity contribution < 1.29 is 14.4 Å². The number of likely N-dealkylation sites (tertiary alicyclic amines) is 1. The van der Waals surface area contributed by atoms with Crippen molar-refractivity contribution in [2.24, 2.45) is 23.7 Å². The number of aromatic nitrogens is 2. The van der Waals surface area contributed by atoms with Gasteiger partial charge in [-0.15, -0.1) is 10.2 Å². The number of carbonyl (C=O) groups excluding carboxylic acids is 3. The lowest BCUT2D eigenvalue weighted by Crippen LogP contribution is -2.40. The minimum atomic E-state index is -0.412. The van der Waals surface area contributed by atoms with E-state index in [1.807, 2.05) is 0 Å². The predicted molar refractivity (Wildman–Crippen MR) is 95.4 cm³/mol. The second-order valence-electron chi connectivity index (χ2n) is 6.96. The number of nitrogens with zero attached hydrogens (tertiary/aromatic N) is 3. The number of amides is 4. The van der Waals surface area contributed by atoms with Crippen molar-refractivity contribution in [2.75, 3.05) is 18.4 Å². The molecule has 2 fully saturated rings. The van der Waals surface area contributed by atoms with Crippen LogP contribution < -0.4 is 10.6 Å². The van der Waals surface area contributed by atoms with Crippen molar-refractivity contribution in [3.05, 3.63) is 17.2 Å². The zero-order valence-electron chi connectivity index (χ0n) is 14.5. The molecule has 4 atom stereocenters. The summed E-state index contributed by atoms with van der Waals surface area (Å²) in [5.41, 5.74) is 0. The fourth-order valence-electron chi connectivity index (χ4n) is 4.23. The van der Waals surface area contributed by atoms with Crippen molar-refractivity contribution in [1.82, 2.24) is 20.4 Å². The van der Waals surface area contributed by atoms with Gasteiger partial charge in [0.2, 0.25) is 16.9 Å². The van der Waals surface area contributed by atoms with Crippen LogP contribution in [0.4, 0.5) is 9.93 Å². The van der Waals surface area contributed by atoms with Crippen molar-refractivity contribution in [3.8, 4) is 0 Å².